The SMILES string of the molecule is COS(=O)(=O)CC[n+]1ccc(-c2ccc(C#N)cn2)cn1. The number of nitrogens with zero attached hydrogens (tertiary/aromatic N) is 4. The van der Waals surface area contributed by atoms with Gasteiger partial charge in [-0.1, -0.05) is 4.68 Å². The highest BCUT2D eigenvalue weighted by atomic mass is 32.2. The minimum atomic E-state index is -3.49. The van der Waals surface area contributed by atoms with Crippen molar-refractivity contribution in [2.24, 2.45) is 0 Å². The predicted molar refractivity (Wildman–Crippen MR) is 73.2 cm³/mol. The Morgan fingerprint density at radius 1 is 1.33 bits per heavy atom. The van der Waals surface area contributed by atoms with Crippen molar-refractivity contribution in [1.29, 1.82) is 5.26 Å². The average molecular weight is 305 g/mol. The minimum absolute atomic E-state index is 0.143. The molecule has 0 radical (unpaired) electrons. The Balaban J connectivity index is 2.10. The molecule has 0 amide bonds. The van der Waals surface area contributed by atoms with E-state index < -0.39 is 10.1 Å². The lowest BCUT2D eigenvalue weighted by Gasteiger charge is -2.00. The van der Waals surface area contributed by atoms with Gasteiger partial charge in [-0.3, -0.25) is 9.17 Å². The summed E-state index contributed by atoms with van der Waals surface area (Å²) in [4.78, 5) is 4.16. The van der Waals surface area contributed by atoms with Crippen LogP contribution in [0.1, 0.15) is 5.56 Å². The zero-order chi connectivity index (χ0) is 15.3. The minimum Gasteiger partial charge on any atom is -0.273 e. The predicted octanol–water partition coefficient (Wildman–Crippen LogP) is 0.279. The molecule has 0 aromatic carbocycles. The van der Waals surface area contributed by atoms with E-state index >= 15 is 0 Å². The van der Waals surface area contributed by atoms with Crippen LogP contribution in [0.5, 0.6) is 0 Å². The number of aromatic nitrogens is 3. The summed E-state index contributed by atoms with van der Waals surface area (Å²) in [7, 11) is -2.36. The van der Waals surface area contributed by atoms with Gasteiger partial charge in [0.25, 0.3) is 10.1 Å². The highest BCUT2D eigenvalue weighted by molar-refractivity contribution is 7.86. The third kappa shape index (κ3) is 4.05. The molecule has 0 fully saturated rings. The monoisotopic (exact) mass is 305 g/mol. The maximum absolute atomic E-state index is 11.2. The quantitative estimate of drug-likeness (QED) is 0.581. The second-order valence-electron chi connectivity index (χ2n) is 4.15. The second kappa shape index (κ2) is 6.39. The molecule has 8 heteroatoms. The lowest BCUT2D eigenvalue weighted by atomic mass is 10.2. The Bertz CT molecular complexity index is 749. The number of nitriles is 1. The van der Waals surface area contributed by atoms with E-state index in [9.17, 15) is 8.42 Å². The molecule has 0 aliphatic rings. The first-order chi connectivity index (χ1) is 10.0. The fourth-order valence-electron chi connectivity index (χ4n) is 1.59. The summed E-state index contributed by atoms with van der Waals surface area (Å²) in [6.45, 7) is 0.206. The van der Waals surface area contributed by atoms with Crippen LogP contribution in [0.25, 0.3) is 11.3 Å². The highest BCUT2D eigenvalue weighted by Gasteiger charge is 2.14. The summed E-state index contributed by atoms with van der Waals surface area (Å²) in [5.74, 6) is -0.143. The van der Waals surface area contributed by atoms with Crippen LogP contribution < -0.4 is 4.68 Å². The number of hydrogen-bond donors (Lipinski definition) is 0. The standard InChI is InChI=1S/C13H13N4O3S/c1-20-21(18,19)7-6-17-5-4-12(10-16-17)13-3-2-11(8-14)9-15-13/h2-5,9-10H,6-7H2,1H3/q+1. The van der Waals surface area contributed by atoms with Gasteiger partial charge in [0.15, 0.2) is 12.7 Å². The smallest absolute Gasteiger partial charge is 0.273 e. The molecule has 0 N–H and O–H groups in total. The van der Waals surface area contributed by atoms with Crippen LogP contribution >= 0.6 is 0 Å². The maximum atomic E-state index is 11.2. The summed E-state index contributed by atoms with van der Waals surface area (Å²) in [6.07, 6.45) is 4.75. The van der Waals surface area contributed by atoms with E-state index in [4.69, 9.17) is 5.26 Å². The van der Waals surface area contributed by atoms with Crippen LogP contribution in [-0.4, -0.2) is 31.4 Å². The third-order valence-electron chi connectivity index (χ3n) is 2.78. The van der Waals surface area contributed by atoms with E-state index in [0.717, 1.165) is 12.7 Å². The van der Waals surface area contributed by atoms with E-state index in [2.05, 4.69) is 14.3 Å². The summed E-state index contributed by atoms with van der Waals surface area (Å²) in [5, 5.41) is 12.8. The molecule has 2 rings (SSSR count). The number of aryl methyl sites for hydroxylation is 1. The van der Waals surface area contributed by atoms with Crippen molar-refractivity contribution in [3.8, 4) is 17.3 Å². The second-order valence-corrected chi connectivity index (χ2v) is 6.01. The van der Waals surface area contributed by atoms with Crippen molar-refractivity contribution in [2.45, 2.75) is 6.54 Å². The van der Waals surface area contributed by atoms with Gasteiger partial charge in [-0.05, 0) is 17.2 Å². The largest absolute Gasteiger partial charge is 0.273 e. The van der Waals surface area contributed by atoms with Crippen molar-refractivity contribution in [3.63, 3.8) is 0 Å². The van der Waals surface area contributed by atoms with Crippen molar-refractivity contribution < 1.29 is 17.3 Å². The lowest BCUT2D eigenvalue weighted by molar-refractivity contribution is -0.750. The molecule has 2 heterocycles. The first-order valence-electron chi connectivity index (χ1n) is 6.05. The van der Waals surface area contributed by atoms with Crippen LogP contribution in [0.3, 0.4) is 0 Å². The van der Waals surface area contributed by atoms with Gasteiger partial charge in [0.05, 0.1) is 18.4 Å². The van der Waals surface area contributed by atoms with E-state index in [1.165, 1.54) is 10.9 Å². The van der Waals surface area contributed by atoms with Gasteiger partial charge in [-0.2, -0.15) is 13.7 Å². The number of hydrogen-bond acceptors (Lipinski definition) is 6. The molecule has 2 aromatic rings. The van der Waals surface area contributed by atoms with Crippen molar-refractivity contribution in [3.05, 3.63) is 42.4 Å². The summed E-state index contributed by atoms with van der Waals surface area (Å²) < 4.78 is 28.3. The molecule has 108 valence electrons. The van der Waals surface area contributed by atoms with Crippen molar-refractivity contribution in [1.82, 2.24) is 10.1 Å². The zero-order valence-corrected chi connectivity index (χ0v) is 12.1. The maximum Gasteiger partial charge on any atom is 0.273 e. The third-order valence-corrected chi connectivity index (χ3v) is 3.97. The summed E-state index contributed by atoms with van der Waals surface area (Å²) >= 11 is 0. The fraction of sp³-hybridized carbons (Fsp3) is 0.231. The van der Waals surface area contributed by atoms with Gasteiger partial charge in [0.1, 0.15) is 18.0 Å². The Morgan fingerprint density at radius 2 is 2.14 bits per heavy atom. The Morgan fingerprint density at radius 3 is 2.67 bits per heavy atom. The van der Waals surface area contributed by atoms with Crippen LogP contribution in [-0.2, 0) is 20.8 Å². The Labute approximate surface area is 122 Å². The molecule has 0 aliphatic carbocycles. The molecule has 0 saturated carbocycles. The molecule has 21 heavy (non-hydrogen) atoms. The molecule has 0 aliphatic heterocycles. The average Bonchev–Trinajstić information content (AvgIpc) is 2.54. The van der Waals surface area contributed by atoms with E-state index in [1.807, 2.05) is 6.07 Å². The molecule has 2 aromatic heterocycles. The highest BCUT2D eigenvalue weighted by Crippen LogP contribution is 2.13. The Hall–Kier alpha value is -2.37. The van der Waals surface area contributed by atoms with Crippen LogP contribution in [0, 0.1) is 11.3 Å². The normalized spacial score (nSPS) is 11.0. The lowest BCUT2D eigenvalue weighted by Crippen LogP contribution is -2.40. The molecular weight excluding hydrogens is 292 g/mol. The molecule has 0 atom stereocenters. The van der Waals surface area contributed by atoms with Crippen LogP contribution in [0.4, 0.5) is 0 Å². The summed E-state index contributed by atoms with van der Waals surface area (Å²) in [6, 6.07) is 7.19. The van der Waals surface area contributed by atoms with Gasteiger partial charge < -0.3 is 0 Å². The van der Waals surface area contributed by atoms with Gasteiger partial charge in [0, 0.05) is 17.8 Å². The molecule has 0 spiro atoms. The van der Waals surface area contributed by atoms with Gasteiger partial charge in [-0.15, -0.1) is 0 Å². The van der Waals surface area contributed by atoms with E-state index in [-0.39, 0.29) is 12.3 Å². The van der Waals surface area contributed by atoms with Gasteiger partial charge >= 0.3 is 0 Å². The first-order valence-corrected chi connectivity index (χ1v) is 7.62. The van der Waals surface area contributed by atoms with Crippen LogP contribution in [0.15, 0.2) is 36.8 Å². The van der Waals surface area contributed by atoms with Crippen LogP contribution in [0.2, 0.25) is 0 Å². The van der Waals surface area contributed by atoms with E-state index in [0.29, 0.717) is 11.3 Å². The number of rotatable bonds is 5. The van der Waals surface area contributed by atoms with Crippen molar-refractivity contribution >= 4 is 10.1 Å². The molecule has 0 unspecified atom stereocenters. The topological polar surface area (TPSA) is 96.8 Å². The van der Waals surface area contributed by atoms with Gasteiger partial charge in [-0.25, -0.2) is 0 Å². The first kappa shape index (κ1) is 15.0. The fourth-order valence-corrected chi connectivity index (χ4v) is 2.16. The Kier molecular flexibility index (Phi) is 4.57. The van der Waals surface area contributed by atoms with Crippen molar-refractivity contribution in [2.75, 3.05) is 12.9 Å². The zero-order valence-electron chi connectivity index (χ0n) is 11.3. The summed E-state index contributed by atoms with van der Waals surface area (Å²) in [5.41, 5.74) is 1.96. The molecule has 7 nitrogen and oxygen atoms in total. The number of pyridine rings is 1. The van der Waals surface area contributed by atoms with Gasteiger partial charge in [0.2, 0.25) is 0 Å². The van der Waals surface area contributed by atoms with E-state index in [1.54, 1.807) is 30.6 Å². The molecular formula is C13H13N4O3S+. The molecule has 0 bridgehead atoms. The molecule has 0 saturated heterocycles.